The molecular formula is C20H20N4O3. The van der Waals surface area contributed by atoms with E-state index in [1.54, 1.807) is 30.0 Å². The van der Waals surface area contributed by atoms with Gasteiger partial charge in [0, 0.05) is 36.7 Å². The third kappa shape index (κ3) is 3.23. The van der Waals surface area contributed by atoms with Crippen molar-refractivity contribution >= 4 is 17.6 Å². The van der Waals surface area contributed by atoms with Gasteiger partial charge >= 0.3 is 5.97 Å². The van der Waals surface area contributed by atoms with Crippen LogP contribution >= 0.6 is 0 Å². The van der Waals surface area contributed by atoms with Crippen molar-refractivity contribution in [2.45, 2.75) is 33.4 Å². The van der Waals surface area contributed by atoms with E-state index in [9.17, 15) is 9.59 Å². The summed E-state index contributed by atoms with van der Waals surface area (Å²) < 4.78 is 9.01. The number of amides is 1. The van der Waals surface area contributed by atoms with Crippen LogP contribution < -0.4 is 10.1 Å². The Morgan fingerprint density at radius 1 is 1.30 bits per heavy atom. The van der Waals surface area contributed by atoms with Gasteiger partial charge in [-0.05, 0) is 36.2 Å². The SMILES string of the molecule is CCC(=O)Oc1ccn2c1C(=O)Nc1cc(Cn3nccc3C)ccc1C2. The third-order valence-electron chi connectivity index (χ3n) is 4.68. The molecule has 3 heterocycles. The molecule has 138 valence electrons. The Morgan fingerprint density at radius 3 is 2.89 bits per heavy atom. The number of aromatic nitrogens is 3. The Morgan fingerprint density at radius 2 is 2.15 bits per heavy atom. The minimum absolute atomic E-state index is 0.253. The summed E-state index contributed by atoms with van der Waals surface area (Å²) in [4.78, 5) is 24.4. The number of aryl methyl sites for hydroxylation is 1. The maximum Gasteiger partial charge on any atom is 0.310 e. The van der Waals surface area contributed by atoms with Crippen molar-refractivity contribution in [3.63, 3.8) is 0 Å². The van der Waals surface area contributed by atoms with E-state index in [1.807, 2.05) is 35.9 Å². The summed E-state index contributed by atoms with van der Waals surface area (Å²) in [5, 5.41) is 7.25. The largest absolute Gasteiger partial charge is 0.424 e. The van der Waals surface area contributed by atoms with Crippen molar-refractivity contribution in [3.8, 4) is 5.75 Å². The van der Waals surface area contributed by atoms with Gasteiger partial charge in [0.2, 0.25) is 0 Å². The monoisotopic (exact) mass is 364 g/mol. The number of anilines is 1. The zero-order valence-corrected chi connectivity index (χ0v) is 15.2. The predicted molar refractivity (Wildman–Crippen MR) is 99.9 cm³/mol. The molecule has 1 N–H and O–H groups in total. The fourth-order valence-electron chi connectivity index (χ4n) is 3.18. The zero-order valence-electron chi connectivity index (χ0n) is 15.2. The summed E-state index contributed by atoms with van der Waals surface area (Å²) in [6, 6.07) is 9.63. The first-order valence-corrected chi connectivity index (χ1v) is 8.86. The van der Waals surface area contributed by atoms with E-state index in [0.717, 1.165) is 22.5 Å². The molecule has 0 aliphatic carbocycles. The second kappa shape index (κ2) is 6.75. The van der Waals surface area contributed by atoms with Gasteiger partial charge in [0.05, 0.1) is 6.54 Å². The summed E-state index contributed by atoms with van der Waals surface area (Å²) in [5.74, 6) is -0.361. The van der Waals surface area contributed by atoms with Crippen LogP contribution in [0.25, 0.3) is 0 Å². The number of fused-ring (bicyclic) bond motifs is 2. The van der Waals surface area contributed by atoms with Gasteiger partial charge in [-0.2, -0.15) is 5.10 Å². The Labute approximate surface area is 156 Å². The van der Waals surface area contributed by atoms with E-state index in [-0.39, 0.29) is 18.3 Å². The standard InChI is InChI=1S/C20H20N4O3/c1-3-18(25)27-17-7-9-23-12-15-5-4-14(11-24-13(2)6-8-21-24)10-16(15)22-20(26)19(17)23/h4-10H,3,11-12H2,1-2H3,(H,22,26). The van der Waals surface area contributed by atoms with Gasteiger partial charge in [-0.1, -0.05) is 19.1 Å². The quantitative estimate of drug-likeness (QED) is 0.722. The highest BCUT2D eigenvalue weighted by atomic mass is 16.5. The molecule has 1 amide bonds. The molecule has 1 aliphatic heterocycles. The number of esters is 1. The molecule has 27 heavy (non-hydrogen) atoms. The lowest BCUT2D eigenvalue weighted by Gasteiger charge is -2.11. The molecule has 0 radical (unpaired) electrons. The van der Waals surface area contributed by atoms with Crippen LogP contribution in [0.3, 0.4) is 0 Å². The maximum atomic E-state index is 12.8. The first-order chi connectivity index (χ1) is 13.0. The van der Waals surface area contributed by atoms with Crippen molar-refractivity contribution in [3.05, 3.63) is 65.2 Å². The maximum absolute atomic E-state index is 12.8. The van der Waals surface area contributed by atoms with Crippen LogP contribution in [0.2, 0.25) is 0 Å². The predicted octanol–water partition coefficient (Wildman–Crippen LogP) is 2.97. The molecule has 1 aliphatic rings. The molecule has 0 saturated heterocycles. The van der Waals surface area contributed by atoms with Gasteiger partial charge in [-0.15, -0.1) is 0 Å². The molecule has 2 aromatic heterocycles. The van der Waals surface area contributed by atoms with Crippen LogP contribution in [0.5, 0.6) is 5.75 Å². The Hall–Kier alpha value is -3.35. The van der Waals surface area contributed by atoms with Crippen LogP contribution in [0.1, 0.15) is 40.7 Å². The molecule has 7 nitrogen and oxygen atoms in total. The molecule has 0 fully saturated rings. The smallest absolute Gasteiger partial charge is 0.310 e. The van der Waals surface area contributed by atoms with E-state index >= 15 is 0 Å². The van der Waals surface area contributed by atoms with Gasteiger partial charge in [0.1, 0.15) is 0 Å². The Balaban J connectivity index is 1.63. The summed E-state index contributed by atoms with van der Waals surface area (Å²) >= 11 is 0. The topological polar surface area (TPSA) is 78.1 Å². The third-order valence-corrected chi connectivity index (χ3v) is 4.68. The molecule has 7 heteroatoms. The van der Waals surface area contributed by atoms with E-state index < -0.39 is 0 Å². The van der Waals surface area contributed by atoms with Gasteiger partial charge in [-0.3, -0.25) is 14.3 Å². The minimum Gasteiger partial charge on any atom is -0.424 e. The van der Waals surface area contributed by atoms with E-state index in [1.165, 1.54) is 0 Å². The zero-order chi connectivity index (χ0) is 19.0. The number of ether oxygens (including phenoxy) is 1. The second-order valence-corrected chi connectivity index (χ2v) is 6.56. The van der Waals surface area contributed by atoms with Gasteiger partial charge in [0.15, 0.2) is 11.4 Å². The fourth-order valence-corrected chi connectivity index (χ4v) is 3.18. The van der Waals surface area contributed by atoms with Gasteiger partial charge in [-0.25, -0.2) is 0 Å². The number of benzene rings is 1. The number of hydrogen-bond acceptors (Lipinski definition) is 4. The highest BCUT2D eigenvalue weighted by Gasteiger charge is 2.24. The summed E-state index contributed by atoms with van der Waals surface area (Å²) in [7, 11) is 0. The lowest BCUT2D eigenvalue weighted by molar-refractivity contribution is -0.134. The van der Waals surface area contributed by atoms with Crippen molar-refractivity contribution in [2.75, 3.05) is 5.32 Å². The van der Waals surface area contributed by atoms with Gasteiger partial charge in [0.25, 0.3) is 5.91 Å². The highest BCUT2D eigenvalue weighted by Crippen LogP contribution is 2.29. The van der Waals surface area contributed by atoms with Crippen molar-refractivity contribution in [1.82, 2.24) is 14.3 Å². The molecule has 0 unspecified atom stereocenters. The number of carbonyl (C=O) groups excluding carboxylic acids is 2. The van der Waals surface area contributed by atoms with E-state index in [2.05, 4.69) is 10.4 Å². The number of nitrogens with zero attached hydrogens (tertiary/aromatic N) is 3. The van der Waals surface area contributed by atoms with Crippen LogP contribution in [0, 0.1) is 6.92 Å². The molecule has 0 atom stereocenters. The average Bonchev–Trinajstić information content (AvgIpc) is 3.19. The van der Waals surface area contributed by atoms with Crippen molar-refractivity contribution in [2.24, 2.45) is 0 Å². The first-order valence-electron chi connectivity index (χ1n) is 8.86. The average molecular weight is 364 g/mol. The summed E-state index contributed by atoms with van der Waals surface area (Å²) in [5.41, 5.74) is 4.24. The molecule has 3 aromatic rings. The summed E-state index contributed by atoms with van der Waals surface area (Å²) in [6.07, 6.45) is 3.79. The summed E-state index contributed by atoms with van der Waals surface area (Å²) in [6.45, 7) is 4.88. The number of hydrogen-bond donors (Lipinski definition) is 1. The van der Waals surface area contributed by atoms with Crippen molar-refractivity contribution < 1.29 is 14.3 Å². The number of rotatable bonds is 4. The second-order valence-electron chi connectivity index (χ2n) is 6.56. The lowest BCUT2D eigenvalue weighted by Crippen LogP contribution is -2.16. The van der Waals surface area contributed by atoms with Crippen LogP contribution in [0.15, 0.2) is 42.7 Å². The molecule has 0 bridgehead atoms. The minimum atomic E-state index is -0.365. The molecule has 1 aromatic carbocycles. The van der Waals surface area contributed by atoms with Gasteiger partial charge < -0.3 is 14.6 Å². The number of nitrogens with one attached hydrogen (secondary N) is 1. The molecule has 4 rings (SSSR count). The Kier molecular flexibility index (Phi) is 4.27. The first kappa shape index (κ1) is 17.1. The van der Waals surface area contributed by atoms with E-state index in [4.69, 9.17) is 4.74 Å². The normalized spacial score (nSPS) is 12.7. The highest BCUT2D eigenvalue weighted by molar-refractivity contribution is 6.06. The lowest BCUT2D eigenvalue weighted by atomic mass is 10.1. The van der Waals surface area contributed by atoms with Crippen LogP contribution in [0.4, 0.5) is 5.69 Å². The molecule has 0 spiro atoms. The van der Waals surface area contributed by atoms with Crippen LogP contribution in [-0.2, 0) is 17.9 Å². The Bertz CT molecular complexity index is 1030. The molecular weight excluding hydrogens is 344 g/mol. The number of carbonyl (C=O) groups is 2. The van der Waals surface area contributed by atoms with E-state index in [0.29, 0.717) is 24.5 Å². The van der Waals surface area contributed by atoms with Crippen molar-refractivity contribution in [1.29, 1.82) is 0 Å². The van der Waals surface area contributed by atoms with Crippen LogP contribution in [-0.4, -0.2) is 26.2 Å². The molecule has 0 saturated carbocycles. The fraction of sp³-hybridized carbons (Fsp3) is 0.250.